The number of aromatic nitrogens is 3. The van der Waals surface area contributed by atoms with Gasteiger partial charge in [-0.25, -0.2) is 4.68 Å². The molecule has 2 aromatic heterocycles. The van der Waals surface area contributed by atoms with Gasteiger partial charge >= 0.3 is 0 Å². The second kappa shape index (κ2) is 7.86. The van der Waals surface area contributed by atoms with Crippen molar-refractivity contribution in [1.29, 1.82) is 0 Å². The van der Waals surface area contributed by atoms with Crippen LogP contribution in [0.2, 0.25) is 0 Å². The van der Waals surface area contributed by atoms with Crippen molar-refractivity contribution >= 4 is 17.5 Å². The first kappa shape index (κ1) is 19.4. The highest BCUT2D eigenvalue weighted by molar-refractivity contribution is 6.02. The minimum absolute atomic E-state index is 0.0189. The van der Waals surface area contributed by atoms with Crippen molar-refractivity contribution in [2.75, 3.05) is 18.6 Å². The van der Waals surface area contributed by atoms with Gasteiger partial charge in [0, 0.05) is 25.0 Å². The maximum absolute atomic E-state index is 12.8. The zero-order valence-corrected chi connectivity index (χ0v) is 16.6. The van der Waals surface area contributed by atoms with E-state index in [2.05, 4.69) is 10.4 Å². The van der Waals surface area contributed by atoms with E-state index in [1.165, 1.54) is 15.5 Å². The summed E-state index contributed by atoms with van der Waals surface area (Å²) in [6.07, 6.45) is 1.65. The molecule has 1 aliphatic heterocycles. The average molecular weight is 407 g/mol. The van der Waals surface area contributed by atoms with Gasteiger partial charge in [-0.2, -0.15) is 5.10 Å². The summed E-state index contributed by atoms with van der Waals surface area (Å²) in [6, 6.07) is 12.8. The third kappa shape index (κ3) is 3.69. The number of nitrogens with one attached hydrogen (secondary N) is 1. The fourth-order valence-electron chi connectivity index (χ4n) is 3.27. The van der Waals surface area contributed by atoms with Crippen LogP contribution in [-0.2, 0) is 11.5 Å². The number of benzene rings is 1. The molecule has 0 bridgehead atoms. The summed E-state index contributed by atoms with van der Waals surface area (Å²) in [6.45, 7) is 2.00. The Hall–Kier alpha value is -3.88. The molecule has 0 aliphatic carbocycles. The van der Waals surface area contributed by atoms with Gasteiger partial charge in [-0.05, 0) is 31.2 Å². The Morgan fingerprint density at radius 3 is 2.77 bits per heavy atom. The molecule has 0 unspecified atom stereocenters. The number of carbonyl (C=O) groups excluding carboxylic acids is 2. The van der Waals surface area contributed by atoms with Crippen molar-refractivity contribution in [3.8, 4) is 5.75 Å². The molecule has 1 aliphatic rings. The van der Waals surface area contributed by atoms with Crippen molar-refractivity contribution in [3.05, 3.63) is 76.5 Å². The summed E-state index contributed by atoms with van der Waals surface area (Å²) in [5, 5.41) is 7.00. The maximum atomic E-state index is 12.8. The van der Waals surface area contributed by atoms with Crippen LogP contribution in [0.3, 0.4) is 0 Å². The van der Waals surface area contributed by atoms with E-state index in [1.54, 1.807) is 55.2 Å². The molecule has 0 spiro atoms. The minimum Gasteiger partial charge on any atom is -0.489 e. The summed E-state index contributed by atoms with van der Waals surface area (Å²) >= 11 is 0. The standard InChI is InChI=1S/C21H21N5O4/c1-14-11-15(23-26(14)13-25-10-6-5-9-19(25)27)20(28)22-16-12-30-18-8-4-3-7-17(18)24(2)21(16)29/h3-11,16H,12-13H2,1-2H3,(H,22,28)/t16-/m0/s1. The van der Waals surface area contributed by atoms with E-state index in [9.17, 15) is 14.4 Å². The summed E-state index contributed by atoms with van der Waals surface area (Å²) in [5.41, 5.74) is 1.35. The number of likely N-dealkylation sites (N-methyl/N-ethyl adjacent to an activating group) is 1. The average Bonchev–Trinajstić information content (AvgIpc) is 3.07. The van der Waals surface area contributed by atoms with E-state index in [0.717, 1.165) is 0 Å². The van der Waals surface area contributed by atoms with Gasteiger partial charge in [0.1, 0.15) is 25.1 Å². The van der Waals surface area contributed by atoms with Gasteiger partial charge in [0.2, 0.25) is 0 Å². The molecule has 1 aromatic carbocycles. The highest BCUT2D eigenvalue weighted by atomic mass is 16.5. The van der Waals surface area contributed by atoms with Gasteiger partial charge in [0.25, 0.3) is 17.4 Å². The topological polar surface area (TPSA) is 98.5 Å². The number of hydrogen-bond donors (Lipinski definition) is 1. The number of hydrogen-bond acceptors (Lipinski definition) is 5. The zero-order valence-electron chi connectivity index (χ0n) is 16.6. The smallest absolute Gasteiger partial charge is 0.272 e. The molecule has 9 heteroatoms. The molecule has 1 N–H and O–H groups in total. The molecule has 9 nitrogen and oxygen atoms in total. The Bertz CT molecular complexity index is 1170. The van der Waals surface area contributed by atoms with E-state index >= 15 is 0 Å². The first-order chi connectivity index (χ1) is 14.4. The zero-order chi connectivity index (χ0) is 21.3. The van der Waals surface area contributed by atoms with Crippen LogP contribution in [0.4, 0.5) is 5.69 Å². The van der Waals surface area contributed by atoms with E-state index in [1.807, 2.05) is 12.1 Å². The Morgan fingerprint density at radius 1 is 1.20 bits per heavy atom. The monoisotopic (exact) mass is 407 g/mol. The number of carbonyl (C=O) groups is 2. The lowest BCUT2D eigenvalue weighted by molar-refractivity contribution is -0.120. The molecule has 3 heterocycles. The Morgan fingerprint density at radius 2 is 1.97 bits per heavy atom. The Kier molecular flexibility index (Phi) is 5.09. The quantitative estimate of drug-likeness (QED) is 0.696. The van der Waals surface area contributed by atoms with Crippen molar-refractivity contribution in [2.45, 2.75) is 19.6 Å². The van der Waals surface area contributed by atoms with Gasteiger partial charge in [-0.15, -0.1) is 0 Å². The molecular formula is C21H21N5O4. The molecule has 4 rings (SSSR count). The number of amides is 2. The Labute approximate surface area is 172 Å². The normalized spacial score (nSPS) is 15.9. The predicted octanol–water partition coefficient (Wildman–Crippen LogP) is 1.01. The highest BCUT2D eigenvalue weighted by Gasteiger charge is 2.31. The van der Waals surface area contributed by atoms with Crippen molar-refractivity contribution in [2.24, 2.45) is 0 Å². The first-order valence-corrected chi connectivity index (χ1v) is 9.44. The molecule has 0 saturated heterocycles. The number of anilines is 1. The third-order valence-electron chi connectivity index (χ3n) is 4.97. The van der Waals surface area contributed by atoms with Crippen LogP contribution in [0.5, 0.6) is 5.75 Å². The lowest BCUT2D eigenvalue weighted by Crippen LogP contribution is -2.49. The lowest BCUT2D eigenvalue weighted by Gasteiger charge is -2.20. The van der Waals surface area contributed by atoms with E-state index < -0.39 is 11.9 Å². The first-order valence-electron chi connectivity index (χ1n) is 9.44. The number of aryl methyl sites for hydroxylation is 1. The fraction of sp³-hybridized carbons (Fsp3) is 0.238. The molecule has 0 radical (unpaired) electrons. The van der Waals surface area contributed by atoms with Crippen LogP contribution in [0, 0.1) is 6.92 Å². The summed E-state index contributed by atoms with van der Waals surface area (Å²) in [4.78, 5) is 38.9. The number of ether oxygens (including phenoxy) is 1. The maximum Gasteiger partial charge on any atom is 0.272 e. The van der Waals surface area contributed by atoms with Crippen LogP contribution in [0.1, 0.15) is 16.2 Å². The number of pyridine rings is 1. The van der Waals surface area contributed by atoms with Crippen molar-refractivity contribution in [1.82, 2.24) is 19.7 Å². The number of para-hydroxylation sites is 2. The highest BCUT2D eigenvalue weighted by Crippen LogP contribution is 2.29. The van der Waals surface area contributed by atoms with Crippen LogP contribution in [0.15, 0.2) is 59.5 Å². The van der Waals surface area contributed by atoms with Crippen molar-refractivity contribution < 1.29 is 14.3 Å². The predicted molar refractivity (Wildman–Crippen MR) is 110 cm³/mol. The van der Waals surface area contributed by atoms with Gasteiger partial charge < -0.3 is 15.0 Å². The van der Waals surface area contributed by atoms with E-state index in [-0.39, 0.29) is 30.4 Å². The summed E-state index contributed by atoms with van der Waals surface area (Å²) in [7, 11) is 1.64. The summed E-state index contributed by atoms with van der Waals surface area (Å²) in [5.74, 6) is -0.183. The minimum atomic E-state index is -0.850. The summed E-state index contributed by atoms with van der Waals surface area (Å²) < 4.78 is 8.76. The number of fused-ring (bicyclic) bond motifs is 1. The number of rotatable bonds is 4. The molecular weight excluding hydrogens is 386 g/mol. The molecule has 1 atom stereocenters. The SMILES string of the molecule is Cc1cc(C(=O)N[C@H]2COc3ccccc3N(C)C2=O)nn1Cn1ccccc1=O. The molecule has 2 amide bonds. The van der Waals surface area contributed by atoms with Gasteiger partial charge in [-0.3, -0.25) is 19.0 Å². The van der Waals surface area contributed by atoms with E-state index in [0.29, 0.717) is 17.1 Å². The number of nitrogens with zero attached hydrogens (tertiary/aromatic N) is 4. The fourth-order valence-corrected chi connectivity index (χ4v) is 3.27. The van der Waals surface area contributed by atoms with E-state index in [4.69, 9.17) is 4.74 Å². The third-order valence-corrected chi connectivity index (χ3v) is 4.97. The van der Waals surface area contributed by atoms with Crippen molar-refractivity contribution in [3.63, 3.8) is 0 Å². The van der Waals surface area contributed by atoms with Gasteiger partial charge in [-0.1, -0.05) is 18.2 Å². The van der Waals surface area contributed by atoms with Crippen LogP contribution < -0.4 is 20.5 Å². The van der Waals surface area contributed by atoms with Crippen LogP contribution >= 0.6 is 0 Å². The molecule has 30 heavy (non-hydrogen) atoms. The second-order valence-electron chi connectivity index (χ2n) is 7.02. The lowest BCUT2D eigenvalue weighted by atomic mass is 10.2. The Balaban J connectivity index is 1.50. The van der Waals surface area contributed by atoms with Crippen LogP contribution in [0.25, 0.3) is 0 Å². The van der Waals surface area contributed by atoms with Gasteiger partial charge in [0.15, 0.2) is 5.69 Å². The largest absolute Gasteiger partial charge is 0.489 e. The second-order valence-corrected chi connectivity index (χ2v) is 7.02. The van der Waals surface area contributed by atoms with Crippen LogP contribution in [-0.4, -0.2) is 45.9 Å². The molecule has 3 aromatic rings. The molecule has 0 fully saturated rings. The van der Waals surface area contributed by atoms with Gasteiger partial charge in [0.05, 0.1) is 5.69 Å². The molecule has 154 valence electrons. The molecule has 0 saturated carbocycles.